The Labute approximate surface area is 139 Å². The summed E-state index contributed by atoms with van der Waals surface area (Å²) in [6.07, 6.45) is 3.09. The molecule has 0 spiro atoms. The van der Waals surface area contributed by atoms with Crippen molar-refractivity contribution in [3.05, 3.63) is 24.3 Å². The van der Waals surface area contributed by atoms with Crippen molar-refractivity contribution in [2.75, 3.05) is 39.7 Å². The number of hydrogen-bond acceptors (Lipinski definition) is 4. The molecule has 2 rings (SSSR count). The van der Waals surface area contributed by atoms with Gasteiger partial charge in [-0.25, -0.2) is 0 Å². The number of nitrogens with one attached hydrogen (secondary N) is 1. The summed E-state index contributed by atoms with van der Waals surface area (Å²) in [6, 6.07) is 7.49. The summed E-state index contributed by atoms with van der Waals surface area (Å²) < 4.78 is 11.2. The maximum absolute atomic E-state index is 12.4. The van der Waals surface area contributed by atoms with E-state index in [2.05, 4.69) is 10.2 Å². The van der Waals surface area contributed by atoms with E-state index in [-0.39, 0.29) is 5.91 Å². The fraction of sp³-hybridized carbons (Fsp3) is 0.611. The van der Waals surface area contributed by atoms with Crippen LogP contribution in [0.4, 0.5) is 5.69 Å². The van der Waals surface area contributed by atoms with Crippen LogP contribution in [0.15, 0.2) is 24.3 Å². The highest BCUT2D eigenvalue weighted by atomic mass is 16.5. The SMILES string of the molecule is CO[C@@](C)(C(=O)Nc1ccc(OCCCN(C)C)cc1)C1CC1. The summed E-state index contributed by atoms with van der Waals surface area (Å²) in [5, 5.41) is 2.94. The fourth-order valence-corrected chi connectivity index (χ4v) is 2.54. The Balaban J connectivity index is 1.83. The van der Waals surface area contributed by atoms with E-state index in [1.165, 1.54) is 0 Å². The molecule has 1 aliphatic carbocycles. The zero-order valence-corrected chi connectivity index (χ0v) is 14.6. The Kier molecular flexibility index (Phi) is 6.02. The second kappa shape index (κ2) is 7.79. The minimum Gasteiger partial charge on any atom is -0.494 e. The van der Waals surface area contributed by atoms with Crippen molar-refractivity contribution in [1.29, 1.82) is 0 Å². The van der Waals surface area contributed by atoms with Crippen LogP contribution in [0.25, 0.3) is 0 Å². The standard InChI is InChI=1S/C18H28N2O3/c1-18(22-4,14-6-7-14)17(21)19-15-8-10-16(11-9-15)23-13-5-12-20(2)3/h8-11,14H,5-7,12-13H2,1-4H3,(H,19,21)/t18-/m1/s1. The summed E-state index contributed by atoms with van der Waals surface area (Å²) in [4.78, 5) is 14.6. The fourth-order valence-electron chi connectivity index (χ4n) is 2.54. The summed E-state index contributed by atoms with van der Waals surface area (Å²) in [6.45, 7) is 3.56. The van der Waals surface area contributed by atoms with E-state index in [0.717, 1.165) is 37.2 Å². The van der Waals surface area contributed by atoms with E-state index in [1.807, 2.05) is 45.3 Å². The molecule has 23 heavy (non-hydrogen) atoms. The number of hydrogen-bond donors (Lipinski definition) is 1. The zero-order chi connectivity index (χ0) is 16.9. The van der Waals surface area contributed by atoms with Gasteiger partial charge in [0.15, 0.2) is 0 Å². The minimum absolute atomic E-state index is 0.0813. The van der Waals surface area contributed by atoms with E-state index in [4.69, 9.17) is 9.47 Å². The lowest BCUT2D eigenvalue weighted by Gasteiger charge is -2.26. The number of ether oxygens (including phenoxy) is 2. The van der Waals surface area contributed by atoms with Gasteiger partial charge in [0.25, 0.3) is 5.91 Å². The molecular formula is C18H28N2O3. The molecule has 128 valence electrons. The van der Waals surface area contributed by atoms with Gasteiger partial charge in [-0.05, 0) is 70.5 Å². The summed E-state index contributed by atoms with van der Waals surface area (Å²) in [7, 11) is 5.70. The number of methoxy groups -OCH3 is 1. The Hall–Kier alpha value is -1.59. The number of carbonyl (C=O) groups is 1. The van der Waals surface area contributed by atoms with Gasteiger partial charge in [-0.15, -0.1) is 0 Å². The molecule has 0 aromatic heterocycles. The Morgan fingerprint density at radius 3 is 2.48 bits per heavy atom. The van der Waals surface area contributed by atoms with Crippen LogP contribution in [0.5, 0.6) is 5.75 Å². The molecule has 1 N–H and O–H groups in total. The maximum atomic E-state index is 12.4. The normalized spacial score (nSPS) is 16.9. The molecule has 0 saturated heterocycles. The van der Waals surface area contributed by atoms with Crippen LogP contribution in [0.1, 0.15) is 26.2 Å². The second-order valence-corrected chi connectivity index (χ2v) is 6.57. The van der Waals surface area contributed by atoms with Crippen LogP contribution >= 0.6 is 0 Å². The second-order valence-electron chi connectivity index (χ2n) is 6.57. The van der Waals surface area contributed by atoms with Crippen molar-refractivity contribution in [2.24, 2.45) is 5.92 Å². The van der Waals surface area contributed by atoms with Gasteiger partial charge in [0.05, 0.1) is 6.61 Å². The highest BCUT2D eigenvalue weighted by Gasteiger charge is 2.47. The zero-order valence-electron chi connectivity index (χ0n) is 14.6. The lowest BCUT2D eigenvalue weighted by Crippen LogP contribution is -2.43. The van der Waals surface area contributed by atoms with Crippen molar-refractivity contribution < 1.29 is 14.3 Å². The van der Waals surface area contributed by atoms with Crippen LogP contribution in [0, 0.1) is 5.92 Å². The quantitative estimate of drug-likeness (QED) is 0.711. The minimum atomic E-state index is -0.735. The van der Waals surface area contributed by atoms with Gasteiger partial charge in [-0.3, -0.25) is 4.79 Å². The van der Waals surface area contributed by atoms with E-state index >= 15 is 0 Å². The van der Waals surface area contributed by atoms with Gasteiger partial charge in [-0.2, -0.15) is 0 Å². The molecule has 1 amide bonds. The predicted molar refractivity (Wildman–Crippen MR) is 91.9 cm³/mol. The summed E-state index contributed by atoms with van der Waals surface area (Å²) in [5.74, 6) is 1.06. The molecule has 1 fully saturated rings. The molecular weight excluding hydrogens is 292 g/mol. The van der Waals surface area contributed by atoms with Crippen molar-refractivity contribution in [3.8, 4) is 5.75 Å². The molecule has 5 heteroatoms. The molecule has 0 unspecified atom stereocenters. The molecule has 0 heterocycles. The Morgan fingerprint density at radius 2 is 1.96 bits per heavy atom. The Bertz CT molecular complexity index is 512. The first-order chi connectivity index (χ1) is 11.0. The predicted octanol–water partition coefficient (Wildman–Crippen LogP) is 2.77. The molecule has 1 aromatic carbocycles. The largest absolute Gasteiger partial charge is 0.494 e. The van der Waals surface area contributed by atoms with Gasteiger partial charge in [-0.1, -0.05) is 0 Å². The van der Waals surface area contributed by atoms with Gasteiger partial charge < -0.3 is 19.7 Å². The molecule has 1 saturated carbocycles. The smallest absolute Gasteiger partial charge is 0.256 e. The van der Waals surface area contributed by atoms with Crippen molar-refractivity contribution in [2.45, 2.75) is 31.8 Å². The average Bonchev–Trinajstić information content (AvgIpc) is 3.37. The lowest BCUT2D eigenvalue weighted by molar-refractivity contribution is -0.138. The molecule has 1 atom stereocenters. The average molecular weight is 320 g/mol. The van der Waals surface area contributed by atoms with Crippen molar-refractivity contribution in [1.82, 2.24) is 4.90 Å². The van der Waals surface area contributed by atoms with Gasteiger partial charge in [0, 0.05) is 19.3 Å². The Morgan fingerprint density at radius 1 is 1.30 bits per heavy atom. The summed E-state index contributed by atoms with van der Waals surface area (Å²) >= 11 is 0. The third-order valence-electron chi connectivity index (χ3n) is 4.36. The third kappa shape index (κ3) is 4.94. The van der Waals surface area contributed by atoms with Crippen LogP contribution < -0.4 is 10.1 Å². The number of carbonyl (C=O) groups excluding carboxylic acids is 1. The molecule has 0 bridgehead atoms. The monoisotopic (exact) mass is 320 g/mol. The maximum Gasteiger partial charge on any atom is 0.256 e. The first kappa shape index (κ1) is 17.8. The van der Waals surface area contributed by atoms with Crippen molar-refractivity contribution in [3.63, 3.8) is 0 Å². The topological polar surface area (TPSA) is 50.8 Å². The highest BCUT2D eigenvalue weighted by molar-refractivity contribution is 5.97. The van der Waals surface area contributed by atoms with E-state index in [9.17, 15) is 4.79 Å². The summed E-state index contributed by atoms with van der Waals surface area (Å²) in [5.41, 5.74) is 0.0287. The number of nitrogens with zero attached hydrogens (tertiary/aromatic N) is 1. The van der Waals surface area contributed by atoms with Crippen LogP contribution in [0.2, 0.25) is 0 Å². The number of benzene rings is 1. The molecule has 1 aliphatic rings. The third-order valence-corrected chi connectivity index (χ3v) is 4.36. The van der Waals surface area contributed by atoms with Crippen LogP contribution in [0.3, 0.4) is 0 Å². The van der Waals surface area contributed by atoms with Crippen LogP contribution in [-0.4, -0.2) is 50.8 Å². The molecule has 0 aliphatic heterocycles. The number of amides is 1. The first-order valence-corrected chi connectivity index (χ1v) is 8.20. The van der Waals surface area contributed by atoms with E-state index in [1.54, 1.807) is 7.11 Å². The van der Waals surface area contributed by atoms with E-state index < -0.39 is 5.60 Å². The van der Waals surface area contributed by atoms with E-state index in [0.29, 0.717) is 12.5 Å². The van der Waals surface area contributed by atoms with Crippen molar-refractivity contribution >= 4 is 11.6 Å². The number of rotatable bonds is 9. The van der Waals surface area contributed by atoms with Gasteiger partial charge >= 0.3 is 0 Å². The molecule has 1 aromatic rings. The first-order valence-electron chi connectivity index (χ1n) is 8.20. The van der Waals surface area contributed by atoms with Crippen LogP contribution in [-0.2, 0) is 9.53 Å². The number of anilines is 1. The lowest BCUT2D eigenvalue weighted by atomic mass is 9.99. The molecule has 0 radical (unpaired) electrons. The van der Waals surface area contributed by atoms with Gasteiger partial charge in [0.2, 0.25) is 0 Å². The van der Waals surface area contributed by atoms with Gasteiger partial charge in [0.1, 0.15) is 11.4 Å². The molecule has 5 nitrogen and oxygen atoms in total. The highest BCUT2D eigenvalue weighted by Crippen LogP contribution is 2.42.